The molecule has 0 radical (unpaired) electrons. The molecule has 2 aromatic heterocycles. The van der Waals surface area contributed by atoms with Crippen molar-refractivity contribution >= 4 is 63.0 Å². The van der Waals surface area contributed by atoms with Crippen LogP contribution in [-0.2, 0) is 0 Å². The molecule has 2 fully saturated rings. The summed E-state index contributed by atoms with van der Waals surface area (Å²) in [6.07, 6.45) is 13.5. The van der Waals surface area contributed by atoms with Gasteiger partial charge in [-0.05, 0) is 70.9 Å². The van der Waals surface area contributed by atoms with Crippen LogP contribution in [0.2, 0.25) is 0 Å². The van der Waals surface area contributed by atoms with Crippen LogP contribution in [0.1, 0.15) is 87.2 Å². The van der Waals surface area contributed by atoms with E-state index in [4.69, 9.17) is 0 Å². The van der Waals surface area contributed by atoms with E-state index in [9.17, 15) is 0 Å². The molecule has 2 heteroatoms. The fraction of sp³-hybridized carbons (Fsp3) is 0.250. The maximum Gasteiger partial charge on any atom is 0.0434 e. The van der Waals surface area contributed by atoms with Crippen LogP contribution in [0, 0.1) is 0 Å². The normalized spacial score (nSPS) is 16.2. The van der Waals surface area contributed by atoms with E-state index in [0.717, 1.165) is 0 Å². The maximum atomic E-state index is 2.42. The van der Waals surface area contributed by atoms with Gasteiger partial charge in [0, 0.05) is 51.5 Å². The summed E-state index contributed by atoms with van der Waals surface area (Å²) in [4.78, 5) is 0. The Kier molecular flexibility index (Phi) is 7.84. The van der Waals surface area contributed by atoms with Gasteiger partial charge in [-0.15, -0.1) is 22.7 Å². The van der Waals surface area contributed by atoms with Crippen molar-refractivity contribution < 1.29 is 0 Å². The molecule has 2 aliphatic rings. The van der Waals surface area contributed by atoms with Gasteiger partial charge in [0.2, 0.25) is 0 Å². The van der Waals surface area contributed by atoms with E-state index in [1.165, 1.54) is 138 Å². The fourth-order valence-corrected chi connectivity index (χ4v) is 12.3. The van der Waals surface area contributed by atoms with Crippen LogP contribution in [0.5, 0.6) is 0 Å². The molecule has 0 aliphatic heterocycles. The number of fused-ring (bicyclic) bond motifs is 6. The summed E-state index contributed by atoms with van der Waals surface area (Å²) in [5, 5.41) is 5.65. The van der Waals surface area contributed by atoms with E-state index >= 15 is 0 Å². The third-order valence-electron chi connectivity index (χ3n) is 11.9. The van der Waals surface area contributed by atoms with Crippen LogP contribution < -0.4 is 0 Å². The average Bonchev–Trinajstić information content (AvgIpc) is 3.78. The van der Waals surface area contributed by atoms with Gasteiger partial charge in [0.05, 0.1) is 0 Å². The molecule has 0 bridgehead atoms. The van der Waals surface area contributed by atoms with E-state index in [0.29, 0.717) is 11.8 Å². The lowest BCUT2D eigenvalue weighted by atomic mass is 9.83. The van der Waals surface area contributed by atoms with Crippen molar-refractivity contribution in [3.63, 3.8) is 0 Å². The number of rotatable bonds is 5. The topological polar surface area (TPSA) is 0 Å². The second kappa shape index (κ2) is 12.8. The minimum atomic E-state index is 0.693. The van der Waals surface area contributed by atoms with Crippen molar-refractivity contribution in [2.24, 2.45) is 0 Å². The molecule has 10 rings (SSSR count). The van der Waals surface area contributed by atoms with Gasteiger partial charge >= 0.3 is 0 Å². The Balaban J connectivity index is 1.14. The number of thiophene rings is 2. The molecule has 2 aliphatic carbocycles. The predicted octanol–water partition coefficient (Wildman–Crippen LogP) is 15.5. The van der Waals surface area contributed by atoms with Crippen LogP contribution in [0.15, 0.2) is 121 Å². The lowest BCUT2D eigenvalue weighted by molar-refractivity contribution is 0.446. The summed E-state index contributed by atoms with van der Waals surface area (Å²) in [5.41, 5.74) is 11.1. The van der Waals surface area contributed by atoms with Gasteiger partial charge in [0.1, 0.15) is 0 Å². The molecule has 0 nitrogen and oxygen atoms in total. The zero-order valence-electron chi connectivity index (χ0n) is 28.6. The molecule has 0 spiro atoms. The third-order valence-corrected chi connectivity index (χ3v) is 14.5. The zero-order valence-corrected chi connectivity index (χ0v) is 30.2. The van der Waals surface area contributed by atoms with E-state index in [-0.39, 0.29) is 0 Å². The van der Waals surface area contributed by atoms with Crippen molar-refractivity contribution in [2.75, 3.05) is 0 Å². The minimum absolute atomic E-state index is 0.693. The lowest BCUT2D eigenvalue weighted by Crippen LogP contribution is -2.04. The fourth-order valence-electron chi connectivity index (χ4n) is 9.48. The molecule has 8 aromatic rings. The molecule has 6 aromatic carbocycles. The standard InChI is InChI=1S/C48H42S2/c1-3-15-31(16-4-1)33-23-11-27-41-43-29-13-25-39(47(43)49-45(33)41)37-21-9-7-19-35(37)36-20-8-10-22-38(36)40-26-14-30-44-42-28-12-24-34(46(42)50-48(40)44)32-17-5-2-6-18-32/h7-14,19-32H,1-6,15-18H2. The highest BCUT2D eigenvalue weighted by atomic mass is 32.1. The highest BCUT2D eigenvalue weighted by molar-refractivity contribution is 7.27. The van der Waals surface area contributed by atoms with Gasteiger partial charge in [0.15, 0.2) is 0 Å². The van der Waals surface area contributed by atoms with Crippen LogP contribution in [0.4, 0.5) is 0 Å². The van der Waals surface area contributed by atoms with Crippen LogP contribution in [0.3, 0.4) is 0 Å². The van der Waals surface area contributed by atoms with E-state index in [1.807, 2.05) is 22.7 Å². The van der Waals surface area contributed by atoms with Gasteiger partial charge in [-0.3, -0.25) is 0 Å². The Morgan fingerprint density at radius 2 is 0.620 bits per heavy atom. The molecular formula is C48H42S2. The molecule has 246 valence electrons. The SMILES string of the molecule is c1ccc(-c2cccc3c2sc2c(C4CCCCC4)cccc23)c(-c2ccccc2-c2cccc3c2sc2c(C4CCCCC4)cccc23)c1. The van der Waals surface area contributed by atoms with Crippen LogP contribution in [-0.4, -0.2) is 0 Å². The predicted molar refractivity (Wildman–Crippen MR) is 220 cm³/mol. The van der Waals surface area contributed by atoms with Crippen molar-refractivity contribution in [3.8, 4) is 33.4 Å². The van der Waals surface area contributed by atoms with Gasteiger partial charge in [0.25, 0.3) is 0 Å². The van der Waals surface area contributed by atoms with Crippen LogP contribution in [0.25, 0.3) is 73.7 Å². The second-order valence-corrected chi connectivity index (χ2v) is 16.8. The average molecular weight is 683 g/mol. The van der Waals surface area contributed by atoms with Gasteiger partial charge in [-0.2, -0.15) is 0 Å². The van der Waals surface area contributed by atoms with Crippen LogP contribution >= 0.6 is 22.7 Å². The molecule has 0 saturated heterocycles. The zero-order chi connectivity index (χ0) is 33.0. The molecule has 0 N–H and O–H groups in total. The maximum absolute atomic E-state index is 2.42. The first kappa shape index (κ1) is 30.6. The highest BCUT2D eigenvalue weighted by Gasteiger charge is 2.23. The van der Waals surface area contributed by atoms with Crippen molar-refractivity contribution in [3.05, 3.63) is 132 Å². The van der Waals surface area contributed by atoms with Gasteiger partial charge in [-0.1, -0.05) is 160 Å². The molecule has 0 unspecified atom stereocenters. The Morgan fingerprint density at radius 3 is 1.02 bits per heavy atom. The summed E-state index contributed by atoms with van der Waals surface area (Å²) in [5.74, 6) is 1.39. The Hall–Kier alpha value is -4.24. The molecule has 0 amide bonds. The first-order chi connectivity index (χ1) is 24.8. The lowest BCUT2D eigenvalue weighted by Gasteiger charge is -2.22. The number of benzene rings is 6. The van der Waals surface area contributed by atoms with Crippen molar-refractivity contribution in [2.45, 2.75) is 76.0 Å². The Labute approximate surface area is 303 Å². The largest absolute Gasteiger partial charge is 0.134 e. The molecule has 50 heavy (non-hydrogen) atoms. The molecule has 2 saturated carbocycles. The van der Waals surface area contributed by atoms with E-state index in [1.54, 1.807) is 11.1 Å². The summed E-state index contributed by atoms with van der Waals surface area (Å²) in [6, 6.07) is 46.4. The minimum Gasteiger partial charge on any atom is -0.134 e. The van der Waals surface area contributed by atoms with Gasteiger partial charge in [-0.25, -0.2) is 0 Å². The van der Waals surface area contributed by atoms with E-state index < -0.39 is 0 Å². The highest BCUT2D eigenvalue weighted by Crippen LogP contribution is 2.49. The Morgan fingerprint density at radius 1 is 0.300 bits per heavy atom. The van der Waals surface area contributed by atoms with Crippen molar-refractivity contribution in [1.29, 1.82) is 0 Å². The van der Waals surface area contributed by atoms with E-state index in [2.05, 4.69) is 121 Å². The second-order valence-electron chi connectivity index (χ2n) is 14.8. The molecular weight excluding hydrogens is 641 g/mol. The van der Waals surface area contributed by atoms with Gasteiger partial charge < -0.3 is 0 Å². The number of hydrogen-bond acceptors (Lipinski definition) is 2. The smallest absolute Gasteiger partial charge is 0.0434 e. The summed E-state index contributed by atoms with van der Waals surface area (Å²) < 4.78 is 5.84. The molecule has 2 heterocycles. The number of hydrogen-bond donors (Lipinski definition) is 0. The first-order valence-corrected chi connectivity index (χ1v) is 20.5. The quantitative estimate of drug-likeness (QED) is 0.169. The monoisotopic (exact) mass is 682 g/mol. The first-order valence-electron chi connectivity index (χ1n) is 18.9. The molecule has 0 atom stereocenters. The Bertz CT molecular complexity index is 2340. The third kappa shape index (κ3) is 5.06. The van der Waals surface area contributed by atoms with Crippen molar-refractivity contribution in [1.82, 2.24) is 0 Å². The summed E-state index contributed by atoms with van der Waals surface area (Å²) in [7, 11) is 0. The summed E-state index contributed by atoms with van der Waals surface area (Å²) in [6.45, 7) is 0. The summed E-state index contributed by atoms with van der Waals surface area (Å²) >= 11 is 4.05.